The number of aryl methyl sites for hydroxylation is 1. The molecular weight excluding hydrogens is 283 g/mol. The van der Waals surface area contributed by atoms with Crippen LogP contribution >= 0.6 is 0 Å². The first kappa shape index (κ1) is 16.2. The van der Waals surface area contributed by atoms with Gasteiger partial charge in [-0.25, -0.2) is 14.1 Å². The molecule has 1 aromatic carbocycles. The Morgan fingerprint density at radius 2 is 2.27 bits per heavy atom. The van der Waals surface area contributed by atoms with E-state index in [1.807, 2.05) is 6.92 Å². The quantitative estimate of drug-likeness (QED) is 0.631. The molecule has 2 aromatic rings. The summed E-state index contributed by atoms with van der Waals surface area (Å²) in [5.74, 6) is 0.00500. The van der Waals surface area contributed by atoms with Crippen molar-refractivity contribution in [3.8, 4) is 0 Å². The molecule has 0 amide bonds. The first-order chi connectivity index (χ1) is 10.6. The van der Waals surface area contributed by atoms with Crippen molar-refractivity contribution in [2.45, 2.75) is 33.3 Å². The topological polar surface area (TPSA) is 65.4 Å². The van der Waals surface area contributed by atoms with E-state index in [1.165, 1.54) is 10.7 Å². The van der Waals surface area contributed by atoms with Gasteiger partial charge in [-0.15, -0.1) is 0 Å². The van der Waals surface area contributed by atoms with Crippen molar-refractivity contribution < 1.29 is 9.13 Å². The third-order valence-corrected chi connectivity index (χ3v) is 3.14. The zero-order valence-electron chi connectivity index (χ0n) is 12.9. The van der Waals surface area contributed by atoms with Gasteiger partial charge in [0.15, 0.2) is 0 Å². The van der Waals surface area contributed by atoms with Gasteiger partial charge in [0.2, 0.25) is 5.95 Å². The van der Waals surface area contributed by atoms with Crippen molar-refractivity contribution in [2.75, 3.05) is 12.3 Å². The molecule has 0 unspecified atom stereocenters. The number of unbranched alkanes of at least 4 members (excludes halogenated alkanes) is 1. The van der Waals surface area contributed by atoms with E-state index in [-0.39, 0.29) is 12.4 Å². The third kappa shape index (κ3) is 4.39. The van der Waals surface area contributed by atoms with Crippen molar-refractivity contribution in [1.29, 1.82) is 0 Å². The lowest BCUT2D eigenvalue weighted by molar-refractivity contribution is 0.116. The Morgan fingerprint density at radius 3 is 2.91 bits per heavy atom. The lowest BCUT2D eigenvalue weighted by atomic mass is 10.1. The summed E-state index contributed by atoms with van der Waals surface area (Å²) in [5.41, 5.74) is 7.67. The maximum Gasteiger partial charge on any atom is 0.221 e. The Labute approximate surface area is 129 Å². The molecular formula is C16H21FN4O. The number of halogens is 1. The maximum atomic E-state index is 14.0. The Morgan fingerprint density at radius 1 is 1.45 bits per heavy atom. The van der Waals surface area contributed by atoms with E-state index in [0.717, 1.165) is 18.5 Å². The standard InChI is InChI=1S/C16H21FN4O/c1-3-4-7-22-11-14-6-5-13(8-15(14)17)9-19-21-10-12(2)20-16(21)18/h5-6,8-10H,3-4,7,11H2,1-2H3,(H2,18,20). The zero-order valence-corrected chi connectivity index (χ0v) is 12.9. The number of nitrogens with zero attached hydrogens (tertiary/aromatic N) is 3. The third-order valence-electron chi connectivity index (χ3n) is 3.14. The molecule has 0 fully saturated rings. The lowest BCUT2D eigenvalue weighted by Gasteiger charge is -2.05. The van der Waals surface area contributed by atoms with Crippen molar-refractivity contribution in [3.63, 3.8) is 0 Å². The SMILES string of the molecule is CCCCOCc1ccc(C=Nn2cc(C)nc2N)cc1F. The van der Waals surface area contributed by atoms with E-state index < -0.39 is 0 Å². The van der Waals surface area contributed by atoms with Crippen LogP contribution in [0.15, 0.2) is 29.5 Å². The van der Waals surface area contributed by atoms with Gasteiger partial charge in [-0.2, -0.15) is 5.10 Å². The molecule has 0 bridgehead atoms. The van der Waals surface area contributed by atoms with Crippen LogP contribution in [-0.2, 0) is 11.3 Å². The molecule has 5 nitrogen and oxygen atoms in total. The number of ether oxygens (including phenoxy) is 1. The molecule has 2 rings (SSSR count). The second-order valence-corrected chi connectivity index (χ2v) is 5.09. The van der Waals surface area contributed by atoms with Gasteiger partial charge in [0.1, 0.15) is 5.82 Å². The van der Waals surface area contributed by atoms with Gasteiger partial charge in [0.25, 0.3) is 0 Å². The molecule has 0 radical (unpaired) electrons. The summed E-state index contributed by atoms with van der Waals surface area (Å²) in [6, 6.07) is 4.94. The molecule has 1 heterocycles. The highest BCUT2D eigenvalue weighted by Crippen LogP contribution is 2.11. The number of anilines is 1. The van der Waals surface area contributed by atoms with E-state index in [9.17, 15) is 4.39 Å². The second kappa shape index (κ2) is 7.70. The van der Waals surface area contributed by atoms with Crippen LogP contribution in [0.3, 0.4) is 0 Å². The highest BCUT2D eigenvalue weighted by Gasteiger charge is 2.04. The van der Waals surface area contributed by atoms with Gasteiger partial charge in [0.05, 0.1) is 24.7 Å². The lowest BCUT2D eigenvalue weighted by Crippen LogP contribution is -2.00. The highest BCUT2D eigenvalue weighted by atomic mass is 19.1. The normalized spacial score (nSPS) is 11.4. The number of aromatic nitrogens is 2. The molecule has 0 saturated carbocycles. The fourth-order valence-electron chi connectivity index (χ4n) is 1.91. The summed E-state index contributed by atoms with van der Waals surface area (Å²) in [7, 11) is 0. The van der Waals surface area contributed by atoms with Gasteiger partial charge in [-0.05, 0) is 25.0 Å². The number of nitrogens with two attached hydrogens (primary N) is 1. The fraction of sp³-hybridized carbons (Fsp3) is 0.375. The summed E-state index contributed by atoms with van der Waals surface area (Å²) in [6.45, 7) is 4.86. The Hall–Kier alpha value is -2.21. The van der Waals surface area contributed by atoms with E-state index in [2.05, 4.69) is 17.0 Å². The van der Waals surface area contributed by atoms with Gasteiger partial charge in [-0.3, -0.25) is 0 Å². The Balaban J connectivity index is 2.01. The van der Waals surface area contributed by atoms with E-state index in [1.54, 1.807) is 24.5 Å². The number of nitrogen functional groups attached to an aromatic ring is 1. The molecule has 0 saturated heterocycles. The average Bonchev–Trinajstić information content (AvgIpc) is 2.81. The number of rotatable bonds is 7. The summed E-state index contributed by atoms with van der Waals surface area (Å²) < 4.78 is 20.9. The summed E-state index contributed by atoms with van der Waals surface area (Å²) in [4.78, 5) is 4.04. The van der Waals surface area contributed by atoms with Gasteiger partial charge in [0, 0.05) is 12.2 Å². The largest absolute Gasteiger partial charge is 0.377 e. The second-order valence-electron chi connectivity index (χ2n) is 5.09. The number of benzene rings is 1. The molecule has 118 valence electrons. The van der Waals surface area contributed by atoms with E-state index in [0.29, 0.717) is 23.7 Å². The van der Waals surface area contributed by atoms with Crippen LogP contribution in [0, 0.1) is 12.7 Å². The first-order valence-electron chi connectivity index (χ1n) is 7.32. The summed E-state index contributed by atoms with van der Waals surface area (Å²) in [6.07, 6.45) is 5.30. The molecule has 0 aliphatic carbocycles. The van der Waals surface area contributed by atoms with Crippen LogP contribution in [0.25, 0.3) is 0 Å². The molecule has 22 heavy (non-hydrogen) atoms. The molecule has 1 aromatic heterocycles. The molecule has 0 atom stereocenters. The van der Waals surface area contributed by atoms with Crippen molar-refractivity contribution in [1.82, 2.24) is 9.66 Å². The maximum absolute atomic E-state index is 14.0. The van der Waals surface area contributed by atoms with Crippen molar-refractivity contribution in [3.05, 3.63) is 47.0 Å². The van der Waals surface area contributed by atoms with Crippen molar-refractivity contribution in [2.24, 2.45) is 5.10 Å². The van der Waals surface area contributed by atoms with Gasteiger partial charge >= 0.3 is 0 Å². The van der Waals surface area contributed by atoms with Crippen LogP contribution in [-0.4, -0.2) is 22.5 Å². The van der Waals surface area contributed by atoms with Gasteiger partial charge in [-0.1, -0.05) is 25.5 Å². The molecule has 0 aliphatic rings. The molecule has 2 N–H and O–H groups in total. The van der Waals surface area contributed by atoms with Crippen LogP contribution in [0.4, 0.5) is 10.3 Å². The number of hydrogen-bond donors (Lipinski definition) is 1. The zero-order chi connectivity index (χ0) is 15.9. The monoisotopic (exact) mass is 304 g/mol. The van der Waals surface area contributed by atoms with Crippen LogP contribution in [0.1, 0.15) is 36.6 Å². The van der Waals surface area contributed by atoms with E-state index >= 15 is 0 Å². The Bertz CT molecular complexity index is 652. The van der Waals surface area contributed by atoms with Crippen LogP contribution in [0.5, 0.6) is 0 Å². The van der Waals surface area contributed by atoms with Gasteiger partial charge < -0.3 is 10.5 Å². The Kier molecular flexibility index (Phi) is 5.66. The minimum Gasteiger partial charge on any atom is -0.377 e. The average molecular weight is 304 g/mol. The first-order valence-corrected chi connectivity index (χ1v) is 7.32. The van der Waals surface area contributed by atoms with Crippen LogP contribution < -0.4 is 5.73 Å². The van der Waals surface area contributed by atoms with Crippen molar-refractivity contribution >= 4 is 12.2 Å². The molecule has 0 spiro atoms. The smallest absolute Gasteiger partial charge is 0.221 e. The predicted molar refractivity (Wildman–Crippen MR) is 85.3 cm³/mol. The highest BCUT2D eigenvalue weighted by molar-refractivity contribution is 5.79. The molecule has 6 heteroatoms. The fourth-order valence-corrected chi connectivity index (χ4v) is 1.91. The summed E-state index contributed by atoms with van der Waals surface area (Å²) in [5, 5.41) is 4.16. The molecule has 0 aliphatic heterocycles. The van der Waals surface area contributed by atoms with E-state index in [4.69, 9.17) is 10.5 Å². The summed E-state index contributed by atoms with van der Waals surface area (Å²) >= 11 is 0. The minimum absolute atomic E-state index is 0.289. The minimum atomic E-state index is -0.296. The number of hydrogen-bond acceptors (Lipinski definition) is 4. The predicted octanol–water partition coefficient (Wildman–Crippen LogP) is 3.11. The van der Waals surface area contributed by atoms with Crippen LogP contribution in [0.2, 0.25) is 0 Å². The number of imidazole rings is 1.